The maximum atomic E-state index is 13.3. The van der Waals surface area contributed by atoms with Crippen molar-refractivity contribution >= 4 is 11.6 Å². The Kier molecular flexibility index (Phi) is 2.81. The quantitative estimate of drug-likeness (QED) is 0.844. The second kappa shape index (κ2) is 4.02. The highest BCUT2D eigenvalue weighted by molar-refractivity contribution is 5.94. The normalized spacial score (nSPS) is 18.5. The average molecular weight is 236 g/mol. The molecule has 3 nitrogen and oxygen atoms in total. The number of nitrogens with one attached hydrogen (secondary N) is 1. The molecule has 3 N–H and O–H groups in total. The molecule has 1 atom stereocenters. The molecule has 1 aliphatic carbocycles. The summed E-state index contributed by atoms with van der Waals surface area (Å²) in [5, 5.41) is 3.29. The molecule has 2 rings (SSSR count). The smallest absolute Gasteiger partial charge is 0.251 e. The number of anilines is 1. The fourth-order valence-corrected chi connectivity index (χ4v) is 1.86. The molecule has 1 aromatic carbocycles. The molecule has 0 aliphatic heterocycles. The van der Waals surface area contributed by atoms with Crippen LogP contribution in [0, 0.1) is 11.2 Å². The van der Waals surface area contributed by atoms with Crippen LogP contribution in [0.1, 0.15) is 37.0 Å². The molecular weight excluding hydrogens is 219 g/mol. The van der Waals surface area contributed by atoms with Crippen molar-refractivity contribution in [2.75, 3.05) is 5.32 Å². The van der Waals surface area contributed by atoms with Crippen molar-refractivity contribution in [2.24, 2.45) is 11.1 Å². The van der Waals surface area contributed by atoms with Crippen LogP contribution in [0.2, 0.25) is 0 Å². The van der Waals surface area contributed by atoms with Crippen molar-refractivity contribution in [3.63, 3.8) is 0 Å². The molecule has 0 bridgehead atoms. The van der Waals surface area contributed by atoms with Gasteiger partial charge in [0, 0.05) is 11.7 Å². The summed E-state index contributed by atoms with van der Waals surface area (Å²) in [6, 6.07) is 4.67. The third kappa shape index (κ3) is 2.40. The first-order chi connectivity index (χ1) is 7.92. The van der Waals surface area contributed by atoms with Crippen LogP contribution in [-0.4, -0.2) is 11.9 Å². The summed E-state index contributed by atoms with van der Waals surface area (Å²) in [4.78, 5) is 11.0. The number of carbonyl (C=O) groups excluding carboxylic acids is 1. The summed E-state index contributed by atoms with van der Waals surface area (Å²) in [5.41, 5.74) is 6.10. The van der Waals surface area contributed by atoms with E-state index < -0.39 is 11.7 Å². The van der Waals surface area contributed by atoms with Gasteiger partial charge in [0.1, 0.15) is 5.82 Å². The van der Waals surface area contributed by atoms with Crippen LogP contribution < -0.4 is 11.1 Å². The molecule has 1 amide bonds. The number of rotatable bonds is 4. The first-order valence-corrected chi connectivity index (χ1v) is 5.78. The van der Waals surface area contributed by atoms with Gasteiger partial charge in [0.25, 0.3) is 5.91 Å². The van der Waals surface area contributed by atoms with E-state index in [1.807, 2.05) is 0 Å². The van der Waals surface area contributed by atoms with Gasteiger partial charge in [0.2, 0.25) is 0 Å². The van der Waals surface area contributed by atoms with E-state index in [0.29, 0.717) is 11.5 Å². The monoisotopic (exact) mass is 236 g/mol. The van der Waals surface area contributed by atoms with E-state index in [-0.39, 0.29) is 5.56 Å². The van der Waals surface area contributed by atoms with Gasteiger partial charge < -0.3 is 11.1 Å². The lowest BCUT2D eigenvalue weighted by Crippen LogP contribution is -2.25. The van der Waals surface area contributed by atoms with Crippen molar-refractivity contribution in [1.29, 1.82) is 0 Å². The first kappa shape index (κ1) is 11.9. The molecule has 0 aromatic heterocycles. The second-order valence-electron chi connectivity index (χ2n) is 5.08. The van der Waals surface area contributed by atoms with E-state index in [2.05, 4.69) is 19.2 Å². The summed E-state index contributed by atoms with van der Waals surface area (Å²) in [6.07, 6.45) is 2.40. The molecule has 1 aliphatic rings. The highest BCUT2D eigenvalue weighted by Crippen LogP contribution is 2.48. The molecule has 1 fully saturated rings. The van der Waals surface area contributed by atoms with Gasteiger partial charge in [-0.2, -0.15) is 0 Å². The summed E-state index contributed by atoms with van der Waals surface area (Å²) >= 11 is 0. The van der Waals surface area contributed by atoms with Crippen LogP contribution in [0.25, 0.3) is 0 Å². The number of benzene rings is 1. The number of amides is 1. The van der Waals surface area contributed by atoms with Gasteiger partial charge in [0.05, 0.1) is 5.56 Å². The van der Waals surface area contributed by atoms with E-state index in [4.69, 9.17) is 5.73 Å². The van der Waals surface area contributed by atoms with Crippen molar-refractivity contribution < 1.29 is 9.18 Å². The van der Waals surface area contributed by atoms with Crippen LogP contribution in [0.4, 0.5) is 10.1 Å². The highest BCUT2D eigenvalue weighted by Gasteiger charge is 2.42. The van der Waals surface area contributed by atoms with E-state index in [9.17, 15) is 9.18 Å². The van der Waals surface area contributed by atoms with Crippen LogP contribution in [0.5, 0.6) is 0 Å². The molecule has 0 saturated heterocycles. The molecule has 92 valence electrons. The third-order valence-corrected chi connectivity index (χ3v) is 3.70. The standard InChI is InChI=1S/C13H17FN2O/c1-8(13(2)5-6-13)16-9-3-4-11(14)10(7-9)12(15)17/h3-4,7-8,16H,5-6H2,1-2H3,(H2,15,17). The predicted molar refractivity (Wildman–Crippen MR) is 65.3 cm³/mol. The molecule has 0 heterocycles. The zero-order valence-corrected chi connectivity index (χ0v) is 10.1. The van der Waals surface area contributed by atoms with Gasteiger partial charge in [-0.25, -0.2) is 4.39 Å². The minimum Gasteiger partial charge on any atom is -0.382 e. The van der Waals surface area contributed by atoms with E-state index in [0.717, 1.165) is 5.69 Å². The Morgan fingerprint density at radius 2 is 2.18 bits per heavy atom. The fraction of sp³-hybridized carbons (Fsp3) is 0.462. The van der Waals surface area contributed by atoms with Gasteiger partial charge in [-0.15, -0.1) is 0 Å². The molecular formula is C13H17FN2O. The lowest BCUT2D eigenvalue weighted by Gasteiger charge is -2.21. The van der Waals surface area contributed by atoms with Gasteiger partial charge >= 0.3 is 0 Å². The maximum absolute atomic E-state index is 13.3. The lowest BCUT2D eigenvalue weighted by atomic mass is 10.0. The van der Waals surface area contributed by atoms with Gasteiger partial charge in [-0.3, -0.25) is 4.79 Å². The number of hydrogen-bond donors (Lipinski definition) is 2. The first-order valence-electron chi connectivity index (χ1n) is 5.78. The average Bonchev–Trinajstić information content (AvgIpc) is 3.00. The van der Waals surface area contributed by atoms with Crippen molar-refractivity contribution in [1.82, 2.24) is 0 Å². The second-order valence-corrected chi connectivity index (χ2v) is 5.08. The fourth-order valence-electron chi connectivity index (χ4n) is 1.86. The summed E-state index contributed by atoms with van der Waals surface area (Å²) in [7, 11) is 0. The minimum absolute atomic E-state index is 0.0665. The predicted octanol–water partition coefficient (Wildman–Crippen LogP) is 2.53. The molecule has 1 unspecified atom stereocenters. The molecule has 0 radical (unpaired) electrons. The van der Waals surface area contributed by atoms with Crippen LogP contribution in [0.15, 0.2) is 18.2 Å². The number of carbonyl (C=O) groups is 1. The maximum Gasteiger partial charge on any atom is 0.251 e. The van der Waals surface area contributed by atoms with Crippen LogP contribution >= 0.6 is 0 Å². The summed E-state index contributed by atoms with van der Waals surface area (Å²) in [6.45, 7) is 4.31. The van der Waals surface area contributed by atoms with Crippen LogP contribution in [0.3, 0.4) is 0 Å². The number of halogens is 1. The number of nitrogens with two attached hydrogens (primary N) is 1. The molecule has 17 heavy (non-hydrogen) atoms. The van der Waals surface area contributed by atoms with Crippen molar-refractivity contribution in [2.45, 2.75) is 32.7 Å². The topological polar surface area (TPSA) is 55.1 Å². The van der Waals surface area contributed by atoms with Crippen molar-refractivity contribution in [3.05, 3.63) is 29.6 Å². The Bertz CT molecular complexity index is 455. The summed E-state index contributed by atoms with van der Waals surface area (Å²) in [5.74, 6) is -1.32. The zero-order chi connectivity index (χ0) is 12.6. The Labute approximate surface area is 100 Å². The Morgan fingerprint density at radius 1 is 1.53 bits per heavy atom. The SMILES string of the molecule is CC(Nc1ccc(F)c(C(N)=O)c1)C1(C)CC1. The van der Waals surface area contributed by atoms with E-state index in [1.165, 1.54) is 25.0 Å². The Morgan fingerprint density at radius 3 is 2.71 bits per heavy atom. The van der Waals surface area contributed by atoms with Crippen LogP contribution in [-0.2, 0) is 0 Å². The van der Waals surface area contributed by atoms with Gasteiger partial charge in [-0.05, 0) is 43.4 Å². The zero-order valence-electron chi connectivity index (χ0n) is 10.1. The van der Waals surface area contributed by atoms with E-state index in [1.54, 1.807) is 6.07 Å². The van der Waals surface area contributed by atoms with Crippen molar-refractivity contribution in [3.8, 4) is 0 Å². The Hall–Kier alpha value is -1.58. The number of primary amides is 1. The molecule has 0 spiro atoms. The molecule has 4 heteroatoms. The van der Waals surface area contributed by atoms with Gasteiger partial charge in [0.15, 0.2) is 0 Å². The Balaban J connectivity index is 2.16. The van der Waals surface area contributed by atoms with E-state index >= 15 is 0 Å². The van der Waals surface area contributed by atoms with Gasteiger partial charge in [-0.1, -0.05) is 6.92 Å². The summed E-state index contributed by atoms with van der Waals surface area (Å²) < 4.78 is 13.3. The third-order valence-electron chi connectivity index (χ3n) is 3.70. The number of hydrogen-bond acceptors (Lipinski definition) is 2. The minimum atomic E-state index is -0.739. The highest BCUT2D eigenvalue weighted by atomic mass is 19.1. The molecule has 1 saturated carbocycles. The lowest BCUT2D eigenvalue weighted by molar-refractivity contribution is 0.0996. The largest absolute Gasteiger partial charge is 0.382 e. The molecule has 1 aromatic rings.